The fraction of sp³-hybridized carbons (Fsp3) is 0.250. The van der Waals surface area contributed by atoms with Crippen LogP contribution in [0.2, 0.25) is 0 Å². The number of aromatic hydroxyl groups is 1. The van der Waals surface area contributed by atoms with Crippen molar-refractivity contribution in [3.05, 3.63) is 53.8 Å². The van der Waals surface area contributed by atoms with Crippen LogP contribution in [-0.2, 0) is 9.47 Å². The molecule has 0 saturated carbocycles. The van der Waals surface area contributed by atoms with Gasteiger partial charge < -0.3 is 24.5 Å². The molecule has 0 aliphatic carbocycles. The summed E-state index contributed by atoms with van der Waals surface area (Å²) >= 11 is 0. The lowest BCUT2D eigenvalue weighted by atomic mass is 10.1. The molecule has 1 aliphatic rings. The number of aliphatic imine (C=N–C) groups is 1. The van der Waals surface area contributed by atoms with Crippen molar-refractivity contribution in [2.24, 2.45) is 4.99 Å². The predicted molar refractivity (Wildman–Crippen MR) is 103 cm³/mol. The molecule has 2 heterocycles. The standard InChI is InChI=1S/C20H20FN3O3/c1-24(12-18-26-9-10-27-18)14-7-5-13(6-8-14)22-11-15-19-16(21)3-2-4-17(19)23-20(15)25/h2-8,11,18,23,25H,9-10,12H2,1H3. The minimum absolute atomic E-state index is 0.105. The number of hydrogen-bond acceptors (Lipinski definition) is 5. The van der Waals surface area contributed by atoms with Crippen molar-refractivity contribution < 1.29 is 19.0 Å². The zero-order chi connectivity index (χ0) is 18.8. The van der Waals surface area contributed by atoms with E-state index in [1.54, 1.807) is 12.1 Å². The lowest BCUT2D eigenvalue weighted by Gasteiger charge is -2.22. The molecule has 140 valence electrons. The third kappa shape index (κ3) is 3.65. The van der Waals surface area contributed by atoms with E-state index in [9.17, 15) is 9.50 Å². The van der Waals surface area contributed by atoms with Crippen molar-refractivity contribution >= 4 is 28.5 Å². The van der Waals surface area contributed by atoms with Crippen LogP contribution in [-0.4, -0.2) is 49.4 Å². The number of nitrogens with zero attached hydrogens (tertiary/aromatic N) is 2. The fourth-order valence-corrected chi connectivity index (χ4v) is 3.11. The van der Waals surface area contributed by atoms with Crippen molar-refractivity contribution in [3.63, 3.8) is 0 Å². The van der Waals surface area contributed by atoms with Gasteiger partial charge in [-0.15, -0.1) is 0 Å². The molecule has 4 rings (SSSR count). The number of ether oxygens (including phenoxy) is 2. The first-order chi connectivity index (χ1) is 13.1. The summed E-state index contributed by atoms with van der Waals surface area (Å²) in [7, 11) is 1.97. The number of likely N-dealkylation sites (N-methyl/N-ethyl adjacent to an activating group) is 1. The van der Waals surface area contributed by atoms with Crippen LogP contribution in [0.4, 0.5) is 15.8 Å². The third-order valence-corrected chi connectivity index (χ3v) is 4.54. The van der Waals surface area contributed by atoms with Crippen LogP contribution in [0.5, 0.6) is 5.88 Å². The highest BCUT2D eigenvalue weighted by molar-refractivity contribution is 6.02. The Hall–Kier alpha value is -2.90. The van der Waals surface area contributed by atoms with E-state index in [4.69, 9.17) is 9.47 Å². The third-order valence-electron chi connectivity index (χ3n) is 4.54. The largest absolute Gasteiger partial charge is 0.494 e. The molecule has 2 aromatic carbocycles. The molecule has 0 atom stereocenters. The van der Waals surface area contributed by atoms with Crippen LogP contribution in [0, 0.1) is 5.82 Å². The van der Waals surface area contributed by atoms with Gasteiger partial charge in [0.15, 0.2) is 12.2 Å². The minimum Gasteiger partial charge on any atom is -0.494 e. The van der Waals surface area contributed by atoms with Gasteiger partial charge in [0.1, 0.15) is 5.82 Å². The second-order valence-corrected chi connectivity index (χ2v) is 6.38. The molecule has 7 heteroatoms. The summed E-state index contributed by atoms with van der Waals surface area (Å²) in [6.07, 6.45) is 1.27. The average Bonchev–Trinajstić information content (AvgIpc) is 3.28. The Morgan fingerprint density at radius 2 is 1.96 bits per heavy atom. The van der Waals surface area contributed by atoms with Gasteiger partial charge in [-0.2, -0.15) is 0 Å². The lowest BCUT2D eigenvalue weighted by molar-refractivity contribution is -0.0336. The van der Waals surface area contributed by atoms with Gasteiger partial charge in [-0.1, -0.05) is 6.07 Å². The molecule has 0 radical (unpaired) electrons. The number of aromatic nitrogens is 1. The van der Waals surface area contributed by atoms with Crippen LogP contribution in [0.25, 0.3) is 10.9 Å². The normalized spacial score (nSPS) is 15.2. The Labute approximate surface area is 155 Å². The van der Waals surface area contributed by atoms with Crippen LogP contribution < -0.4 is 4.90 Å². The van der Waals surface area contributed by atoms with E-state index < -0.39 is 5.82 Å². The number of halogens is 1. The first-order valence-corrected chi connectivity index (χ1v) is 8.69. The van der Waals surface area contributed by atoms with Crippen molar-refractivity contribution in [3.8, 4) is 5.88 Å². The number of H-pyrrole nitrogens is 1. The summed E-state index contributed by atoms with van der Waals surface area (Å²) in [5.74, 6) is -0.509. The van der Waals surface area contributed by atoms with Crippen molar-refractivity contribution in [2.45, 2.75) is 6.29 Å². The SMILES string of the molecule is CN(CC1OCCO1)c1ccc(N=Cc2c(O)[nH]c3cccc(F)c23)cc1. The first-order valence-electron chi connectivity index (χ1n) is 8.69. The second kappa shape index (κ2) is 7.38. The fourth-order valence-electron chi connectivity index (χ4n) is 3.11. The minimum atomic E-state index is -0.404. The van der Waals surface area contributed by atoms with E-state index in [1.807, 2.05) is 36.2 Å². The Morgan fingerprint density at radius 3 is 2.70 bits per heavy atom. The Bertz CT molecular complexity index is 963. The zero-order valence-electron chi connectivity index (χ0n) is 14.9. The number of hydrogen-bond donors (Lipinski definition) is 2. The second-order valence-electron chi connectivity index (χ2n) is 6.38. The molecule has 0 unspecified atom stereocenters. The number of nitrogens with one attached hydrogen (secondary N) is 1. The smallest absolute Gasteiger partial charge is 0.198 e. The predicted octanol–water partition coefficient (Wildman–Crippen LogP) is 3.57. The van der Waals surface area contributed by atoms with Crippen molar-refractivity contribution in [2.75, 3.05) is 31.7 Å². The Morgan fingerprint density at radius 1 is 1.22 bits per heavy atom. The molecule has 1 saturated heterocycles. The summed E-state index contributed by atoms with van der Waals surface area (Å²) in [6.45, 7) is 1.91. The molecular formula is C20H20FN3O3. The van der Waals surface area contributed by atoms with E-state index in [2.05, 4.69) is 9.98 Å². The zero-order valence-corrected chi connectivity index (χ0v) is 14.9. The van der Waals surface area contributed by atoms with E-state index in [1.165, 1.54) is 12.3 Å². The molecule has 1 aliphatic heterocycles. The Balaban J connectivity index is 1.51. The molecule has 3 aromatic rings. The molecule has 0 amide bonds. The van der Waals surface area contributed by atoms with Crippen molar-refractivity contribution in [1.82, 2.24) is 4.98 Å². The molecule has 1 aromatic heterocycles. The number of fused-ring (bicyclic) bond motifs is 1. The van der Waals surface area contributed by atoms with Gasteiger partial charge in [-0.3, -0.25) is 4.99 Å². The highest BCUT2D eigenvalue weighted by Crippen LogP contribution is 2.28. The van der Waals surface area contributed by atoms with Crippen LogP contribution in [0.3, 0.4) is 0 Å². The summed E-state index contributed by atoms with van der Waals surface area (Å²) in [5, 5.41) is 10.4. The quantitative estimate of drug-likeness (QED) is 0.675. The summed E-state index contributed by atoms with van der Waals surface area (Å²) < 4.78 is 25.0. The average molecular weight is 369 g/mol. The van der Waals surface area contributed by atoms with Gasteiger partial charge in [0.05, 0.1) is 36.5 Å². The molecular weight excluding hydrogens is 349 g/mol. The maximum atomic E-state index is 14.1. The first kappa shape index (κ1) is 17.5. The number of rotatable bonds is 5. The monoisotopic (exact) mass is 369 g/mol. The number of aromatic amines is 1. The van der Waals surface area contributed by atoms with E-state index in [-0.39, 0.29) is 12.2 Å². The maximum Gasteiger partial charge on any atom is 0.198 e. The summed E-state index contributed by atoms with van der Waals surface area (Å²) in [6, 6.07) is 12.3. The molecule has 0 bridgehead atoms. The molecule has 6 nitrogen and oxygen atoms in total. The number of benzene rings is 2. The molecule has 1 fully saturated rings. The van der Waals surface area contributed by atoms with Gasteiger partial charge in [0.2, 0.25) is 0 Å². The van der Waals surface area contributed by atoms with Gasteiger partial charge in [0, 0.05) is 24.3 Å². The highest BCUT2D eigenvalue weighted by Gasteiger charge is 2.18. The highest BCUT2D eigenvalue weighted by atomic mass is 19.1. The van der Waals surface area contributed by atoms with E-state index in [0.717, 1.165) is 5.69 Å². The van der Waals surface area contributed by atoms with Crippen LogP contribution >= 0.6 is 0 Å². The van der Waals surface area contributed by atoms with E-state index >= 15 is 0 Å². The lowest BCUT2D eigenvalue weighted by Crippen LogP contribution is -2.29. The summed E-state index contributed by atoms with van der Waals surface area (Å²) in [4.78, 5) is 9.17. The molecule has 2 N–H and O–H groups in total. The topological polar surface area (TPSA) is 70.1 Å². The van der Waals surface area contributed by atoms with E-state index in [0.29, 0.717) is 41.9 Å². The van der Waals surface area contributed by atoms with Gasteiger partial charge in [-0.25, -0.2) is 4.39 Å². The molecule has 0 spiro atoms. The molecule has 27 heavy (non-hydrogen) atoms. The van der Waals surface area contributed by atoms with Gasteiger partial charge >= 0.3 is 0 Å². The van der Waals surface area contributed by atoms with Gasteiger partial charge in [-0.05, 0) is 36.4 Å². The number of anilines is 1. The Kier molecular flexibility index (Phi) is 4.79. The van der Waals surface area contributed by atoms with Gasteiger partial charge in [0.25, 0.3) is 0 Å². The van der Waals surface area contributed by atoms with Crippen LogP contribution in [0.15, 0.2) is 47.5 Å². The van der Waals surface area contributed by atoms with Crippen LogP contribution in [0.1, 0.15) is 5.56 Å². The van der Waals surface area contributed by atoms with Crippen molar-refractivity contribution in [1.29, 1.82) is 0 Å². The maximum absolute atomic E-state index is 14.1. The summed E-state index contributed by atoms with van der Waals surface area (Å²) in [5.41, 5.74) is 2.57.